The van der Waals surface area contributed by atoms with Crippen LogP contribution in [0.5, 0.6) is 0 Å². The van der Waals surface area contributed by atoms with Gasteiger partial charge in [0.1, 0.15) is 11.9 Å². The average molecular weight is 258 g/mol. The first-order valence-corrected chi connectivity index (χ1v) is 6.47. The van der Waals surface area contributed by atoms with Gasteiger partial charge in [0.25, 0.3) is 0 Å². The number of rotatable bonds is 5. The molecule has 1 atom stereocenters. The Hall–Kier alpha value is -2.10. The summed E-state index contributed by atoms with van der Waals surface area (Å²) in [5, 5.41) is 13.3. The van der Waals surface area contributed by atoms with Crippen LogP contribution in [0, 0.1) is 6.92 Å². The SMILES string of the molecule is CCCC(Nc1nc2ccccc2cc1C)C(=O)O. The van der Waals surface area contributed by atoms with Crippen molar-refractivity contribution >= 4 is 22.7 Å². The molecule has 100 valence electrons. The van der Waals surface area contributed by atoms with Crippen molar-refractivity contribution < 1.29 is 9.90 Å². The second kappa shape index (κ2) is 5.69. The molecule has 0 aliphatic carbocycles. The Kier molecular flexibility index (Phi) is 4.00. The van der Waals surface area contributed by atoms with E-state index >= 15 is 0 Å². The van der Waals surface area contributed by atoms with Gasteiger partial charge >= 0.3 is 5.97 Å². The number of para-hydroxylation sites is 1. The lowest BCUT2D eigenvalue weighted by Gasteiger charge is -2.16. The van der Waals surface area contributed by atoms with Gasteiger partial charge in [-0.15, -0.1) is 0 Å². The number of aromatic nitrogens is 1. The molecule has 0 radical (unpaired) electrons. The Morgan fingerprint density at radius 1 is 1.42 bits per heavy atom. The van der Waals surface area contributed by atoms with Crippen LogP contribution in [0.15, 0.2) is 30.3 Å². The molecule has 0 bridgehead atoms. The third-order valence-electron chi connectivity index (χ3n) is 3.10. The molecule has 0 aliphatic rings. The molecular formula is C15H18N2O2. The van der Waals surface area contributed by atoms with E-state index in [1.54, 1.807) is 0 Å². The molecule has 0 saturated heterocycles. The van der Waals surface area contributed by atoms with Crippen LogP contribution in [-0.4, -0.2) is 22.1 Å². The Bertz CT molecular complexity index is 596. The number of carboxylic acid groups (broad SMARTS) is 1. The number of fused-ring (bicyclic) bond motifs is 1. The van der Waals surface area contributed by atoms with Gasteiger partial charge in [-0.3, -0.25) is 0 Å². The van der Waals surface area contributed by atoms with Gasteiger partial charge in [0.05, 0.1) is 5.52 Å². The van der Waals surface area contributed by atoms with E-state index < -0.39 is 12.0 Å². The summed E-state index contributed by atoms with van der Waals surface area (Å²) in [6.45, 7) is 3.91. The number of anilines is 1. The zero-order valence-electron chi connectivity index (χ0n) is 11.2. The molecule has 2 aromatic rings. The maximum atomic E-state index is 11.2. The molecule has 0 aliphatic heterocycles. The van der Waals surface area contributed by atoms with E-state index in [0.29, 0.717) is 12.2 Å². The van der Waals surface area contributed by atoms with Crippen LogP contribution >= 0.6 is 0 Å². The third-order valence-corrected chi connectivity index (χ3v) is 3.10. The first-order valence-electron chi connectivity index (χ1n) is 6.47. The highest BCUT2D eigenvalue weighted by molar-refractivity contribution is 5.83. The fraction of sp³-hybridized carbons (Fsp3) is 0.333. The summed E-state index contributed by atoms with van der Waals surface area (Å²) in [5.74, 6) is -0.184. The number of nitrogens with one attached hydrogen (secondary N) is 1. The number of hydrogen-bond donors (Lipinski definition) is 2. The van der Waals surface area contributed by atoms with Crippen LogP contribution in [0.4, 0.5) is 5.82 Å². The van der Waals surface area contributed by atoms with Gasteiger partial charge in [0.15, 0.2) is 0 Å². The Balaban J connectivity index is 2.33. The van der Waals surface area contributed by atoms with E-state index in [-0.39, 0.29) is 0 Å². The van der Waals surface area contributed by atoms with Gasteiger partial charge in [-0.25, -0.2) is 9.78 Å². The molecular weight excluding hydrogens is 240 g/mol. The van der Waals surface area contributed by atoms with E-state index in [4.69, 9.17) is 0 Å². The van der Waals surface area contributed by atoms with Crippen LogP contribution in [0.1, 0.15) is 25.3 Å². The Labute approximate surface area is 112 Å². The quantitative estimate of drug-likeness (QED) is 0.864. The lowest BCUT2D eigenvalue weighted by molar-refractivity contribution is -0.138. The minimum atomic E-state index is -0.837. The van der Waals surface area contributed by atoms with Crippen molar-refractivity contribution in [1.82, 2.24) is 4.98 Å². The van der Waals surface area contributed by atoms with Gasteiger partial charge in [0.2, 0.25) is 0 Å². The fourth-order valence-corrected chi connectivity index (χ4v) is 2.08. The maximum Gasteiger partial charge on any atom is 0.326 e. The van der Waals surface area contributed by atoms with E-state index in [2.05, 4.69) is 10.3 Å². The standard InChI is InChI=1S/C15H18N2O2/c1-3-6-13(15(18)19)17-14-10(2)9-11-7-4-5-8-12(11)16-14/h4-5,7-9,13H,3,6H2,1-2H3,(H,16,17)(H,18,19). The molecule has 4 nitrogen and oxygen atoms in total. The molecule has 0 amide bonds. The molecule has 1 heterocycles. The van der Waals surface area contributed by atoms with E-state index in [1.165, 1.54) is 0 Å². The fourth-order valence-electron chi connectivity index (χ4n) is 2.08. The molecule has 0 spiro atoms. The predicted octanol–water partition coefficient (Wildman–Crippen LogP) is 3.21. The average Bonchev–Trinajstić information content (AvgIpc) is 2.38. The summed E-state index contributed by atoms with van der Waals surface area (Å²) in [4.78, 5) is 15.7. The van der Waals surface area contributed by atoms with Crippen LogP contribution in [0.25, 0.3) is 10.9 Å². The number of hydrogen-bond acceptors (Lipinski definition) is 3. The number of carbonyl (C=O) groups is 1. The lowest BCUT2D eigenvalue weighted by Crippen LogP contribution is -2.29. The number of aryl methyl sites for hydroxylation is 1. The lowest BCUT2D eigenvalue weighted by atomic mass is 10.1. The summed E-state index contributed by atoms with van der Waals surface area (Å²) < 4.78 is 0. The minimum absolute atomic E-state index is 0.586. The molecule has 19 heavy (non-hydrogen) atoms. The minimum Gasteiger partial charge on any atom is -0.480 e. The topological polar surface area (TPSA) is 62.2 Å². The van der Waals surface area contributed by atoms with Crippen molar-refractivity contribution in [3.63, 3.8) is 0 Å². The van der Waals surface area contributed by atoms with Gasteiger partial charge in [-0.05, 0) is 31.0 Å². The zero-order valence-corrected chi connectivity index (χ0v) is 11.2. The summed E-state index contributed by atoms with van der Waals surface area (Å²) in [7, 11) is 0. The van der Waals surface area contributed by atoms with Crippen LogP contribution in [0.3, 0.4) is 0 Å². The summed E-state index contributed by atoms with van der Waals surface area (Å²) >= 11 is 0. The summed E-state index contributed by atoms with van der Waals surface area (Å²) in [6.07, 6.45) is 1.40. The molecule has 1 aromatic carbocycles. The number of pyridine rings is 1. The normalized spacial score (nSPS) is 12.3. The number of nitrogens with zero attached hydrogens (tertiary/aromatic N) is 1. The van der Waals surface area contributed by atoms with Crippen LogP contribution in [-0.2, 0) is 4.79 Å². The number of benzene rings is 1. The first-order chi connectivity index (χ1) is 9.11. The smallest absolute Gasteiger partial charge is 0.326 e. The number of carboxylic acids is 1. The highest BCUT2D eigenvalue weighted by Gasteiger charge is 2.17. The second-order valence-corrected chi connectivity index (χ2v) is 4.67. The molecule has 1 unspecified atom stereocenters. The monoisotopic (exact) mass is 258 g/mol. The van der Waals surface area contributed by atoms with Crippen molar-refractivity contribution in [2.75, 3.05) is 5.32 Å². The van der Waals surface area contributed by atoms with E-state index in [9.17, 15) is 9.90 Å². The van der Waals surface area contributed by atoms with Gasteiger partial charge in [-0.1, -0.05) is 31.5 Å². The largest absolute Gasteiger partial charge is 0.480 e. The molecule has 2 rings (SSSR count). The van der Waals surface area contributed by atoms with Gasteiger partial charge in [0, 0.05) is 5.39 Å². The maximum absolute atomic E-state index is 11.2. The second-order valence-electron chi connectivity index (χ2n) is 4.67. The summed E-state index contributed by atoms with van der Waals surface area (Å²) in [5.41, 5.74) is 1.83. The molecule has 1 aromatic heterocycles. The first kappa shape index (κ1) is 13.3. The van der Waals surface area contributed by atoms with E-state index in [1.807, 2.05) is 44.2 Å². The third kappa shape index (κ3) is 3.02. The van der Waals surface area contributed by atoms with Crippen LogP contribution in [0.2, 0.25) is 0 Å². The van der Waals surface area contributed by atoms with Crippen molar-refractivity contribution in [3.05, 3.63) is 35.9 Å². The molecule has 0 saturated carbocycles. The van der Waals surface area contributed by atoms with Crippen molar-refractivity contribution in [2.45, 2.75) is 32.7 Å². The van der Waals surface area contributed by atoms with Gasteiger partial charge < -0.3 is 10.4 Å². The Morgan fingerprint density at radius 3 is 2.84 bits per heavy atom. The highest BCUT2D eigenvalue weighted by atomic mass is 16.4. The highest BCUT2D eigenvalue weighted by Crippen LogP contribution is 2.20. The van der Waals surface area contributed by atoms with Crippen molar-refractivity contribution in [2.24, 2.45) is 0 Å². The number of aliphatic carboxylic acids is 1. The summed E-state index contributed by atoms with van der Waals surface area (Å²) in [6, 6.07) is 9.26. The van der Waals surface area contributed by atoms with Gasteiger partial charge in [-0.2, -0.15) is 0 Å². The Morgan fingerprint density at radius 2 is 2.16 bits per heavy atom. The van der Waals surface area contributed by atoms with Crippen LogP contribution < -0.4 is 5.32 Å². The van der Waals surface area contributed by atoms with E-state index in [0.717, 1.165) is 22.9 Å². The molecule has 2 N–H and O–H groups in total. The molecule has 4 heteroatoms. The van der Waals surface area contributed by atoms with Crippen molar-refractivity contribution in [1.29, 1.82) is 0 Å². The zero-order chi connectivity index (χ0) is 13.8. The molecule has 0 fully saturated rings. The van der Waals surface area contributed by atoms with Crippen molar-refractivity contribution in [3.8, 4) is 0 Å². The predicted molar refractivity (Wildman–Crippen MR) is 76.4 cm³/mol.